The largest absolute Gasteiger partial charge is 0.507 e. The lowest BCUT2D eigenvalue weighted by Crippen LogP contribution is -2.06. The van der Waals surface area contributed by atoms with E-state index in [1.807, 2.05) is 0 Å². The Kier molecular flexibility index (Phi) is 4.65. The highest BCUT2D eigenvalue weighted by atomic mass is 16.5. The Morgan fingerprint density at radius 1 is 1.13 bits per heavy atom. The summed E-state index contributed by atoms with van der Waals surface area (Å²) in [5.74, 6) is 2.55. The zero-order valence-corrected chi connectivity index (χ0v) is 14.5. The summed E-state index contributed by atoms with van der Waals surface area (Å²) in [5.41, 5.74) is 3.31. The third-order valence-corrected chi connectivity index (χ3v) is 5.71. The lowest BCUT2D eigenvalue weighted by Gasteiger charge is -2.21. The number of methoxy groups -OCH3 is 1. The first kappa shape index (κ1) is 16.4. The van der Waals surface area contributed by atoms with E-state index in [-0.39, 0.29) is 5.97 Å². The van der Waals surface area contributed by atoms with Gasteiger partial charge in [-0.1, -0.05) is 26.0 Å². The molecule has 126 valence electrons. The van der Waals surface area contributed by atoms with E-state index in [4.69, 9.17) is 4.74 Å². The number of phenolic OH excluding ortho intramolecular Hbond substituents is 1. The molecule has 0 bridgehead atoms. The van der Waals surface area contributed by atoms with E-state index in [1.54, 1.807) is 0 Å². The van der Waals surface area contributed by atoms with E-state index >= 15 is 0 Å². The van der Waals surface area contributed by atoms with E-state index < -0.39 is 0 Å². The van der Waals surface area contributed by atoms with Gasteiger partial charge in [0, 0.05) is 6.42 Å². The normalized spacial score (nSPS) is 20.1. The number of hydrogen-bond donors (Lipinski definition) is 1. The predicted molar refractivity (Wildman–Crippen MR) is 90.7 cm³/mol. The minimum absolute atomic E-state index is 0.174. The fourth-order valence-electron chi connectivity index (χ4n) is 3.63. The molecule has 23 heavy (non-hydrogen) atoms. The Balaban J connectivity index is 1.89. The van der Waals surface area contributed by atoms with E-state index in [0.29, 0.717) is 42.3 Å². The van der Waals surface area contributed by atoms with Gasteiger partial charge >= 0.3 is 5.97 Å². The first-order valence-electron chi connectivity index (χ1n) is 8.93. The highest BCUT2D eigenvalue weighted by molar-refractivity contribution is 5.69. The number of esters is 1. The molecule has 1 aromatic carbocycles. The summed E-state index contributed by atoms with van der Waals surface area (Å²) in [6.07, 6.45) is 6.14. The average Bonchev–Trinajstić information content (AvgIpc) is 3.42. The molecule has 2 aliphatic rings. The number of phenols is 1. The maximum absolute atomic E-state index is 11.5. The average molecular weight is 316 g/mol. The molecule has 1 N–H and O–H groups in total. The molecule has 2 atom stereocenters. The van der Waals surface area contributed by atoms with Crippen LogP contribution in [0.1, 0.15) is 74.5 Å². The van der Waals surface area contributed by atoms with E-state index in [1.165, 1.54) is 32.8 Å². The van der Waals surface area contributed by atoms with Crippen molar-refractivity contribution in [3.05, 3.63) is 28.8 Å². The summed E-state index contributed by atoms with van der Waals surface area (Å²) in [6, 6.07) is 4.23. The third-order valence-electron chi connectivity index (χ3n) is 5.71. The van der Waals surface area contributed by atoms with Gasteiger partial charge in [0.05, 0.1) is 7.11 Å². The molecule has 0 radical (unpaired) electrons. The number of rotatable bonds is 7. The molecule has 2 saturated carbocycles. The summed E-state index contributed by atoms with van der Waals surface area (Å²) in [4.78, 5) is 11.5. The van der Waals surface area contributed by atoms with Crippen LogP contribution in [-0.2, 0) is 16.0 Å². The van der Waals surface area contributed by atoms with Crippen LogP contribution in [0, 0.1) is 11.8 Å². The van der Waals surface area contributed by atoms with Gasteiger partial charge in [0.1, 0.15) is 5.75 Å². The topological polar surface area (TPSA) is 46.5 Å². The molecule has 3 heteroatoms. The van der Waals surface area contributed by atoms with Crippen LogP contribution in [0.5, 0.6) is 5.75 Å². The van der Waals surface area contributed by atoms with Crippen molar-refractivity contribution in [2.45, 2.75) is 64.2 Å². The van der Waals surface area contributed by atoms with Crippen molar-refractivity contribution in [1.82, 2.24) is 0 Å². The van der Waals surface area contributed by atoms with Crippen LogP contribution in [0.25, 0.3) is 0 Å². The maximum Gasteiger partial charge on any atom is 0.305 e. The highest BCUT2D eigenvalue weighted by Crippen LogP contribution is 2.50. The van der Waals surface area contributed by atoms with Gasteiger partial charge in [0.15, 0.2) is 0 Å². The second kappa shape index (κ2) is 6.54. The fourth-order valence-corrected chi connectivity index (χ4v) is 3.63. The highest BCUT2D eigenvalue weighted by Gasteiger charge is 2.34. The molecule has 3 nitrogen and oxygen atoms in total. The second-order valence-electron chi connectivity index (χ2n) is 7.45. The van der Waals surface area contributed by atoms with Crippen LogP contribution in [0.15, 0.2) is 12.1 Å². The van der Waals surface area contributed by atoms with Gasteiger partial charge in [-0.2, -0.15) is 0 Å². The van der Waals surface area contributed by atoms with Gasteiger partial charge in [-0.05, 0) is 72.5 Å². The molecule has 0 aromatic heterocycles. The van der Waals surface area contributed by atoms with Crippen LogP contribution in [0.4, 0.5) is 0 Å². The summed E-state index contributed by atoms with van der Waals surface area (Å²) in [5, 5.41) is 10.8. The minimum atomic E-state index is -0.174. The summed E-state index contributed by atoms with van der Waals surface area (Å²) in [6.45, 7) is 4.45. The van der Waals surface area contributed by atoms with Gasteiger partial charge in [-0.25, -0.2) is 0 Å². The molecular formula is C20H28O3. The van der Waals surface area contributed by atoms with Crippen molar-refractivity contribution in [1.29, 1.82) is 0 Å². The van der Waals surface area contributed by atoms with Crippen molar-refractivity contribution in [2.75, 3.05) is 7.11 Å². The summed E-state index contributed by atoms with van der Waals surface area (Å²) in [7, 11) is 1.43. The summed E-state index contributed by atoms with van der Waals surface area (Å²) >= 11 is 0. The molecule has 0 aliphatic heterocycles. The molecule has 3 rings (SSSR count). The van der Waals surface area contributed by atoms with E-state index in [0.717, 1.165) is 16.7 Å². The molecule has 0 saturated heterocycles. The van der Waals surface area contributed by atoms with Crippen molar-refractivity contribution in [3.63, 3.8) is 0 Å². The molecule has 2 aliphatic carbocycles. The molecule has 0 spiro atoms. The SMILES string of the molecule is COC(=O)CCc1cc(C(C)C2CC2)c(O)c(C(C)C2CC2)c1. The van der Waals surface area contributed by atoms with Crippen molar-refractivity contribution in [2.24, 2.45) is 11.8 Å². The van der Waals surface area contributed by atoms with Gasteiger partial charge < -0.3 is 9.84 Å². The number of carbonyl (C=O) groups excluding carboxylic acids is 1. The quantitative estimate of drug-likeness (QED) is 0.752. The maximum atomic E-state index is 11.5. The first-order chi connectivity index (χ1) is 11.0. The predicted octanol–water partition coefficient (Wildman–Crippen LogP) is 4.52. The molecule has 2 fully saturated rings. The molecular weight excluding hydrogens is 288 g/mol. The monoisotopic (exact) mass is 316 g/mol. The number of aromatic hydroxyl groups is 1. The van der Waals surface area contributed by atoms with E-state index in [2.05, 4.69) is 26.0 Å². The minimum Gasteiger partial charge on any atom is -0.507 e. The molecule has 1 aromatic rings. The second-order valence-corrected chi connectivity index (χ2v) is 7.45. The number of benzene rings is 1. The Morgan fingerprint density at radius 3 is 2.00 bits per heavy atom. The Bertz CT molecular complexity index is 546. The van der Waals surface area contributed by atoms with Gasteiger partial charge in [0.25, 0.3) is 0 Å². The van der Waals surface area contributed by atoms with Crippen molar-refractivity contribution >= 4 is 5.97 Å². The number of ether oxygens (including phenoxy) is 1. The lowest BCUT2D eigenvalue weighted by molar-refractivity contribution is -0.140. The van der Waals surface area contributed by atoms with Crippen LogP contribution in [0.3, 0.4) is 0 Å². The zero-order valence-electron chi connectivity index (χ0n) is 14.5. The zero-order chi connectivity index (χ0) is 16.6. The van der Waals surface area contributed by atoms with Gasteiger partial charge in [0.2, 0.25) is 0 Å². The van der Waals surface area contributed by atoms with Gasteiger partial charge in [-0.3, -0.25) is 4.79 Å². The number of aryl methyl sites for hydroxylation is 1. The van der Waals surface area contributed by atoms with Crippen LogP contribution < -0.4 is 0 Å². The molecule has 2 unspecified atom stereocenters. The first-order valence-corrected chi connectivity index (χ1v) is 8.93. The van der Waals surface area contributed by atoms with Crippen molar-refractivity contribution in [3.8, 4) is 5.75 Å². The standard InChI is InChI=1S/C20H28O3/c1-12(15-5-6-15)17-10-14(4-9-19(21)23-3)11-18(20(17)22)13(2)16-7-8-16/h10-13,15-16,22H,4-9H2,1-3H3. The van der Waals surface area contributed by atoms with Crippen LogP contribution >= 0.6 is 0 Å². The molecule has 0 amide bonds. The van der Waals surface area contributed by atoms with Gasteiger partial charge in [-0.15, -0.1) is 0 Å². The lowest BCUT2D eigenvalue weighted by atomic mass is 9.86. The van der Waals surface area contributed by atoms with Crippen LogP contribution in [0.2, 0.25) is 0 Å². The number of carbonyl (C=O) groups is 1. The number of hydrogen-bond acceptors (Lipinski definition) is 3. The van der Waals surface area contributed by atoms with Crippen LogP contribution in [-0.4, -0.2) is 18.2 Å². The smallest absolute Gasteiger partial charge is 0.305 e. The third kappa shape index (κ3) is 3.70. The Morgan fingerprint density at radius 2 is 1.61 bits per heavy atom. The molecule has 0 heterocycles. The van der Waals surface area contributed by atoms with Crippen molar-refractivity contribution < 1.29 is 14.6 Å². The fraction of sp³-hybridized carbons (Fsp3) is 0.650. The Labute approximate surface area is 139 Å². The summed E-state index contributed by atoms with van der Waals surface area (Å²) < 4.78 is 4.76. The van der Waals surface area contributed by atoms with E-state index in [9.17, 15) is 9.90 Å². The Hall–Kier alpha value is -1.51.